The molecule has 0 spiro atoms. The van der Waals surface area contributed by atoms with Crippen molar-refractivity contribution in [2.24, 2.45) is 0 Å². The second-order valence-electron chi connectivity index (χ2n) is 5.54. The lowest BCUT2D eigenvalue weighted by atomic mass is 9.96. The highest BCUT2D eigenvalue weighted by molar-refractivity contribution is 5.38. The maximum atomic E-state index is 4.35. The summed E-state index contributed by atoms with van der Waals surface area (Å²) in [4.78, 5) is 4.35. The van der Waals surface area contributed by atoms with Crippen LogP contribution in [0.25, 0.3) is 0 Å². The first-order chi connectivity index (χ1) is 9.58. The van der Waals surface area contributed by atoms with Crippen LogP contribution >= 0.6 is 0 Å². The molecule has 2 nitrogen and oxygen atoms in total. The van der Waals surface area contributed by atoms with Gasteiger partial charge in [-0.05, 0) is 62.1 Å². The Morgan fingerprint density at radius 1 is 1.05 bits per heavy atom. The zero-order chi connectivity index (χ0) is 14.5. The molecule has 1 aromatic carbocycles. The second-order valence-corrected chi connectivity index (χ2v) is 5.54. The quantitative estimate of drug-likeness (QED) is 0.889. The van der Waals surface area contributed by atoms with Gasteiger partial charge in [-0.3, -0.25) is 4.98 Å². The van der Waals surface area contributed by atoms with Gasteiger partial charge in [0.25, 0.3) is 0 Å². The Morgan fingerprint density at radius 2 is 1.80 bits per heavy atom. The number of aryl methyl sites for hydroxylation is 3. The van der Waals surface area contributed by atoms with E-state index < -0.39 is 0 Å². The van der Waals surface area contributed by atoms with Crippen molar-refractivity contribution in [3.8, 4) is 0 Å². The maximum absolute atomic E-state index is 4.35. The summed E-state index contributed by atoms with van der Waals surface area (Å²) in [7, 11) is 0. The van der Waals surface area contributed by atoms with Crippen LogP contribution in [0.15, 0.2) is 36.5 Å². The van der Waals surface area contributed by atoms with Crippen molar-refractivity contribution >= 4 is 0 Å². The molecule has 0 bridgehead atoms. The van der Waals surface area contributed by atoms with Crippen molar-refractivity contribution in [1.29, 1.82) is 0 Å². The van der Waals surface area contributed by atoms with E-state index in [1.807, 2.05) is 18.3 Å². The predicted molar refractivity (Wildman–Crippen MR) is 85.0 cm³/mol. The number of rotatable bonds is 5. The van der Waals surface area contributed by atoms with Crippen LogP contribution in [-0.4, -0.2) is 11.5 Å². The Bertz CT molecular complexity index is 561. The molecule has 0 aliphatic heterocycles. The first-order valence-electron chi connectivity index (χ1n) is 7.29. The molecule has 1 atom stereocenters. The van der Waals surface area contributed by atoms with E-state index in [2.05, 4.69) is 56.2 Å². The van der Waals surface area contributed by atoms with E-state index in [0.717, 1.165) is 18.7 Å². The van der Waals surface area contributed by atoms with E-state index >= 15 is 0 Å². The van der Waals surface area contributed by atoms with Gasteiger partial charge in [0.1, 0.15) is 0 Å². The molecule has 1 aromatic heterocycles. The van der Waals surface area contributed by atoms with Crippen molar-refractivity contribution in [2.75, 3.05) is 6.54 Å². The number of hydrogen-bond acceptors (Lipinski definition) is 2. The largest absolute Gasteiger partial charge is 0.310 e. The van der Waals surface area contributed by atoms with Crippen LogP contribution in [0.5, 0.6) is 0 Å². The first kappa shape index (κ1) is 14.7. The molecule has 2 aromatic rings. The summed E-state index contributed by atoms with van der Waals surface area (Å²) in [6.07, 6.45) is 2.82. The van der Waals surface area contributed by atoms with E-state index in [-0.39, 0.29) is 0 Å². The Kier molecular flexibility index (Phi) is 4.91. The van der Waals surface area contributed by atoms with E-state index in [0.29, 0.717) is 6.04 Å². The topological polar surface area (TPSA) is 24.9 Å². The van der Waals surface area contributed by atoms with Crippen LogP contribution in [0.3, 0.4) is 0 Å². The molecular weight excluding hydrogens is 244 g/mol. The molecule has 0 saturated heterocycles. The van der Waals surface area contributed by atoms with Gasteiger partial charge in [0.2, 0.25) is 0 Å². The molecule has 1 heterocycles. The molecule has 2 rings (SSSR count). The number of nitrogens with one attached hydrogen (secondary N) is 1. The molecule has 2 heteroatoms. The number of nitrogens with zero attached hydrogens (tertiary/aromatic N) is 1. The fraction of sp³-hybridized carbons (Fsp3) is 0.389. The van der Waals surface area contributed by atoms with Crippen LogP contribution in [0.2, 0.25) is 0 Å². The number of pyridine rings is 1. The minimum atomic E-state index is 0.373. The molecule has 1 unspecified atom stereocenters. The predicted octanol–water partition coefficient (Wildman–Crippen LogP) is 3.90. The number of benzene rings is 1. The monoisotopic (exact) mass is 268 g/mol. The molecule has 0 amide bonds. The van der Waals surface area contributed by atoms with Crippen LogP contribution in [0.1, 0.15) is 40.9 Å². The van der Waals surface area contributed by atoms with Crippen molar-refractivity contribution < 1.29 is 0 Å². The van der Waals surface area contributed by atoms with Gasteiger partial charge in [0.15, 0.2) is 0 Å². The van der Waals surface area contributed by atoms with Crippen LogP contribution in [-0.2, 0) is 6.42 Å². The lowest BCUT2D eigenvalue weighted by Gasteiger charge is -2.18. The highest BCUT2D eigenvalue weighted by Gasteiger charge is 2.09. The van der Waals surface area contributed by atoms with E-state index in [1.54, 1.807) is 0 Å². The third-order valence-corrected chi connectivity index (χ3v) is 3.91. The van der Waals surface area contributed by atoms with Gasteiger partial charge in [-0.2, -0.15) is 0 Å². The molecule has 0 aliphatic carbocycles. The van der Waals surface area contributed by atoms with Gasteiger partial charge < -0.3 is 5.32 Å². The third kappa shape index (κ3) is 3.67. The molecule has 1 N–H and O–H groups in total. The lowest BCUT2D eigenvalue weighted by Crippen LogP contribution is -2.22. The smallest absolute Gasteiger partial charge is 0.0416 e. The summed E-state index contributed by atoms with van der Waals surface area (Å²) in [5.74, 6) is 0. The molecule has 0 radical (unpaired) electrons. The Morgan fingerprint density at radius 3 is 2.50 bits per heavy atom. The molecule has 0 aliphatic rings. The fourth-order valence-corrected chi connectivity index (χ4v) is 2.52. The van der Waals surface area contributed by atoms with Gasteiger partial charge in [-0.25, -0.2) is 0 Å². The van der Waals surface area contributed by atoms with Crippen LogP contribution < -0.4 is 5.32 Å². The summed E-state index contributed by atoms with van der Waals surface area (Å²) >= 11 is 0. The van der Waals surface area contributed by atoms with Gasteiger partial charge >= 0.3 is 0 Å². The SMILES string of the molecule is Cc1cc(C)c(C(C)NCCc2ccccn2)cc1C. The average molecular weight is 268 g/mol. The van der Waals surface area contributed by atoms with Crippen molar-refractivity contribution in [3.63, 3.8) is 0 Å². The second kappa shape index (κ2) is 6.67. The Balaban J connectivity index is 1.95. The van der Waals surface area contributed by atoms with Gasteiger partial charge in [-0.1, -0.05) is 18.2 Å². The number of hydrogen-bond donors (Lipinski definition) is 1. The summed E-state index contributed by atoms with van der Waals surface area (Å²) in [6.45, 7) is 9.73. The zero-order valence-electron chi connectivity index (χ0n) is 12.9. The average Bonchev–Trinajstić information content (AvgIpc) is 2.44. The summed E-state index contributed by atoms with van der Waals surface area (Å²) in [5.41, 5.74) is 6.64. The molecule has 0 fully saturated rings. The van der Waals surface area contributed by atoms with E-state index in [9.17, 15) is 0 Å². The number of aromatic nitrogens is 1. The third-order valence-electron chi connectivity index (χ3n) is 3.91. The van der Waals surface area contributed by atoms with Gasteiger partial charge in [0, 0.05) is 30.9 Å². The van der Waals surface area contributed by atoms with Crippen molar-refractivity contribution in [1.82, 2.24) is 10.3 Å². The standard InChI is InChI=1S/C18H24N2/c1-13-11-15(3)18(12-14(13)2)16(4)19-10-8-17-7-5-6-9-20-17/h5-7,9,11-12,16,19H,8,10H2,1-4H3. The normalized spacial score (nSPS) is 12.4. The minimum Gasteiger partial charge on any atom is -0.310 e. The van der Waals surface area contributed by atoms with E-state index in [4.69, 9.17) is 0 Å². The minimum absolute atomic E-state index is 0.373. The summed E-state index contributed by atoms with van der Waals surface area (Å²) in [5, 5.41) is 3.59. The fourth-order valence-electron chi connectivity index (χ4n) is 2.52. The van der Waals surface area contributed by atoms with Crippen molar-refractivity contribution in [2.45, 2.75) is 40.2 Å². The van der Waals surface area contributed by atoms with E-state index in [1.165, 1.54) is 22.3 Å². The van der Waals surface area contributed by atoms with Crippen molar-refractivity contribution in [3.05, 3.63) is 64.5 Å². The van der Waals surface area contributed by atoms with Gasteiger partial charge in [-0.15, -0.1) is 0 Å². The maximum Gasteiger partial charge on any atom is 0.0416 e. The first-order valence-corrected chi connectivity index (χ1v) is 7.29. The molecule has 20 heavy (non-hydrogen) atoms. The summed E-state index contributed by atoms with van der Waals surface area (Å²) in [6, 6.07) is 11.0. The highest BCUT2D eigenvalue weighted by Crippen LogP contribution is 2.21. The summed E-state index contributed by atoms with van der Waals surface area (Å²) < 4.78 is 0. The highest BCUT2D eigenvalue weighted by atomic mass is 14.9. The molecule has 106 valence electrons. The van der Waals surface area contributed by atoms with Gasteiger partial charge in [0.05, 0.1) is 0 Å². The zero-order valence-corrected chi connectivity index (χ0v) is 12.9. The Labute approximate surface area is 122 Å². The molecule has 0 saturated carbocycles. The molecular formula is C18H24N2. The van der Waals surface area contributed by atoms with Crippen LogP contribution in [0.4, 0.5) is 0 Å². The Hall–Kier alpha value is -1.67. The lowest BCUT2D eigenvalue weighted by molar-refractivity contribution is 0.571. The van der Waals surface area contributed by atoms with Crippen LogP contribution in [0, 0.1) is 20.8 Å².